The average Bonchev–Trinajstić information content (AvgIpc) is 2.92. The maximum Gasteiger partial charge on any atom is 0.342 e. The quantitative estimate of drug-likeness (QED) is 0.770. The summed E-state index contributed by atoms with van der Waals surface area (Å²) in [5.41, 5.74) is 0. The Morgan fingerprint density at radius 1 is 1.62 bits per heavy atom. The lowest BCUT2D eigenvalue weighted by Crippen LogP contribution is -2.44. The predicted octanol–water partition coefficient (Wildman–Crippen LogP) is 0.987. The monoisotopic (exact) mass is 240 g/mol. The first-order chi connectivity index (χ1) is 7.72. The zero-order chi connectivity index (χ0) is 11.1. The number of hydrogen-bond donors (Lipinski definition) is 2. The number of nitrogens with zero attached hydrogens (tertiary/aromatic N) is 2. The Hall–Kier alpha value is -1.07. The maximum atomic E-state index is 11.8. The fraction of sp³-hybridized carbons (Fsp3) is 0.600. The van der Waals surface area contributed by atoms with Gasteiger partial charge >= 0.3 is 6.03 Å². The van der Waals surface area contributed by atoms with Gasteiger partial charge in [-0.15, -0.1) is 0 Å². The molecule has 1 aromatic heterocycles. The maximum absolute atomic E-state index is 11.8. The minimum atomic E-state index is -0.203. The molecule has 2 saturated heterocycles. The third-order valence-electron chi connectivity index (χ3n) is 3.37. The van der Waals surface area contributed by atoms with Gasteiger partial charge in [-0.05, 0) is 19.3 Å². The van der Waals surface area contributed by atoms with Crippen LogP contribution >= 0.6 is 11.6 Å². The molecule has 0 saturated carbocycles. The molecule has 16 heavy (non-hydrogen) atoms. The van der Waals surface area contributed by atoms with E-state index in [9.17, 15) is 4.79 Å². The molecule has 1 aromatic rings. The molecule has 0 aliphatic carbocycles. The Labute approximate surface area is 98.1 Å². The van der Waals surface area contributed by atoms with Crippen molar-refractivity contribution in [3.63, 3.8) is 0 Å². The molecule has 2 fully saturated rings. The minimum Gasteiger partial charge on any atom is -0.332 e. The van der Waals surface area contributed by atoms with Crippen LogP contribution in [-0.2, 0) is 0 Å². The standard InChI is InChI=1S/C10H13ClN4O/c11-6-4-12-15(5-6)10(16)14-9-3-7-1-2-8(9)13-7/h4-5,7-9,13H,1-3H2,(H,14,16). The highest BCUT2D eigenvalue weighted by Gasteiger charge is 2.39. The summed E-state index contributed by atoms with van der Waals surface area (Å²) < 4.78 is 1.24. The molecule has 0 radical (unpaired) electrons. The molecule has 3 rings (SSSR count). The molecule has 1 amide bonds. The van der Waals surface area contributed by atoms with Crippen LogP contribution in [0.3, 0.4) is 0 Å². The van der Waals surface area contributed by atoms with Crippen LogP contribution in [0.1, 0.15) is 19.3 Å². The second-order valence-corrected chi connectivity index (χ2v) is 4.88. The Morgan fingerprint density at radius 3 is 3.06 bits per heavy atom. The smallest absolute Gasteiger partial charge is 0.332 e. The number of carbonyl (C=O) groups excluding carboxylic acids is 1. The van der Waals surface area contributed by atoms with Gasteiger partial charge < -0.3 is 10.6 Å². The normalized spacial score (nSPS) is 31.9. The summed E-state index contributed by atoms with van der Waals surface area (Å²) in [7, 11) is 0. The molecular formula is C10H13ClN4O. The highest BCUT2D eigenvalue weighted by Crippen LogP contribution is 2.28. The van der Waals surface area contributed by atoms with E-state index < -0.39 is 0 Å². The van der Waals surface area contributed by atoms with E-state index in [0.29, 0.717) is 17.1 Å². The zero-order valence-corrected chi connectivity index (χ0v) is 9.44. The number of aromatic nitrogens is 2. The van der Waals surface area contributed by atoms with Gasteiger partial charge in [0.2, 0.25) is 0 Å². The lowest BCUT2D eigenvalue weighted by atomic mass is 9.96. The van der Waals surface area contributed by atoms with E-state index >= 15 is 0 Å². The van der Waals surface area contributed by atoms with Gasteiger partial charge in [0.15, 0.2) is 0 Å². The van der Waals surface area contributed by atoms with Crippen LogP contribution in [0.25, 0.3) is 0 Å². The minimum absolute atomic E-state index is 0.203. The average molecular weight is 241 g/mol. The fourth-order valence-corrected chi connectivity index (χ4v) is 2.76. The number of halogens is 1. The summed E-state index contributed by atoms with van der Waals surface area (Å²) in [6, 6.07) is 1.04. The molecular weight excluding hydrogens is 228 g/mol. The van der Waals surface area contributed by atoms with Crippen LogP contribution < -0.4 is 10.6 Å². The molecule has 2 N–H and O–H groups in total. The van der Waals surface area contributed by atoms with Crippen LogP contribution in [0.4, 0.5) is 4.79 Å². The highest BCUT2D eigenvalue weighted by atomic mass is 35.5. The van der Waals surface area contributed by atoms with Crippen molar-refractivity contribution < 1.29 is 4.79 Å². The van der Waals surface area contributed by atoms with Crippen molar-refractivity contribution in [3.8, 4) is 0 Å². The molecule has 2 bridgehead atoms. The molecule has 3 heterocycles. The number of nitrogens with one attached hydrogen (secondary N) is 2. The lowest BCUT2D eigenvalue weighted by Gasteiger charge is -2.20. The van der Waals surface area contributed by atoms with E-state index in [-0.39, 0.29) is 12.1 Å². The topological polar surface area (TPSA) is 59.0 Å². The summed E-state index contributed by atoms with van der Waals surface area (Å²) in [5, 5.41) is 10.8. The second-order valence-electron chi connectivity index (χ2n) is 4.44. The summed E-state index contributed by atoms with van der Waals surface area (Å²) in [4.78, 5) is 11.8. The van der Waals surface area contributed by atoms with Crippen LogP contribution in [0.5, 0.6) is 0 Å². The SMILES string of the molecule is O=C(NC1CC2CCC1N2)n1cc(Cl)cn1. The van der Waals surface area contributed by atoms with Crippen molar-refractivity contribution in [1.82, 2.24) is 20.4 Å². The lowest BCUT2D eigenvalue weighted by molar-refractivity contribution is 0.233. The van der Waals surface area contributed by atoms with E-state index in [0.717, 1.165) is 12.8 Å². The van der Waals surface area contributed by atoms with Gasteiger partial charge in [-0.25, -0.2) is 4.79 Å². The third-order valence-corrected chi connectivity index (χ3v) is 3.56. The molecule has 6 heteroatoms. The first-order valence-electron chi connectivity index (χ1n) is 5.49. The van der Waals surface area contributed by atoms with Gasteiger partial charge in [0.25, 0.3) is 0 Å². The van der Waals surface area contributed by atoms with Crippen molar-refractivity contribution in [2.45, 2.75) is 37.4 Å². The molecule has 3 unspecified atom stereocenters. The number of amides is 1. The Bertz CT molecular complexity index is 419. The number of hydrogen-bond acceptors (Lipinski definition) is 3. The number of carbonyl (C=O) groups is 1. The number of fused-ring (bicyclic) bond motifs is 2. The van der Waals surface area contributed by atoms with E-state index in [2.05, 4.69) is 15.7 Å². The van der Waals surface area contributed by atoms with Crippen LogP contribution in [0, 0.1) is 0 Å². The van der Waals surface area contributed by atoms with Crippen LogP contribution in [0.2, 0.25) is 5.02 Å². The van der Waals surface area contributed by atoms with E-state index in [1.807, 2.05) is 0 Å². The van der Waals surface area contributed by atoms with Crippen LogP contribution in [0.15, 0.2) is 12.4 Å². The van der Waals surface area contributed by atoms with E-state index in [1.165, 1.54) is 23.5 Å². The second kappa shape index (κ2) is 3.75. The third kappa shape index (κ3) is 1.70. The van der Waals surface area contributed by atoms with Gasteiger partial charge in [-0.3, -0.25) is 0 Å². The summed E-state index contributed by atoms with van der Waals surface area (Å²) in [6.45, 7) is 0. The van der Waals surface area contributed by atoms with Gasteiger partial charge in [-0.2, -0.15) is 9.78 Å². The van der Waals surface area contributed by atoms with Crippen molar-refractivity contribution >= 4 is 17.6 Å². The van der Waals surface area contributed by atoms with E-state index in [4.69, 9.17) is 11.6 Å². The van der Waals surface area contributed by atoms with Gasteiger partial charge in [0.1, 0.15) is 0 Å². The first kappa shape index (κ1) is 10.1. The van der Waals surface area contributed by atoms with Gasteiger partial charge in [0, 0.05) is 18.1 Å². The molecule has 86 valence electrons. The van der Waals surface area contributed by atoms with Crippen molar-refractivity contribution in [2.75, 3.05) is 0 Å². The Kier molecular flexibility index (Phi) is 2.37. The first-order valence-corrected chi connectivity index (χ1v) is 5.87. The summed E-state index contributed by atoms with van der Waals surface area (Å²) >= 11 is 5.71. The van der Waals surface area contributed by atoms with Crippen LogP contribution in [-0.4, -0.2) is 33.9 Å². The van der Waals surface area contributed by atoms with E-state index in [1.54, 1.807) is 0 Å². The zero-order valence-electron chi connectivity index (χ0n) is 8.69. The Balaban J connectivity index is 1.65. The summed E-state index contributed by atoms with van der Waals surface area (Å²) in [5.74, 6) is 0. The summed E-state index contributed by atoms with van der Waals surface area (Å²) in [6.07, 6.45) is 6.36. The molecule has 0 spiro atoms. The molecule has 3 atom stereocenters. The van der Waals surface area contributed by atoms with Crippen molar-refractivity contribution in [2.24, 2.45) is 0 Å². The number of rotatable bonds is 1. The molecule has 2 aliphatic rings. The highest BCUT2D eigenvalue weighted by molar-refractivity contribution is 6.30. The largest absolute Gasteiger partial charge is 0.342 e. The molecule has 0 aromatic carbocycles. The van der Waals surface area contributed by atoms with Gasteiger partial charge in [-0.1, -0.05) is 11.6 Å². The molecule has 5 nitrogen and oxygen atoms in total. The van der Waals surface area contributed by atoms with Gasteiger partial charge in [0.05, 0.1) is 17.4 Å². The Morgan fingerprint density at radius 2 is 2.50 bits per heavy atom. The fourth-order valence-electron chi connectivity index (χ4n) is 2.62. The predicted molar refractivity (Wildman–Crippen MR) is 59.5 cm³/mol. The van der Waals surface area contributed by atoms with Crippen molar-refractivity contribution in [3.05, 3.63) is 17.4 Å². The van der Waals surface area contributed by atoms with Crippen molar-refractivity contribution in [1.29, 1.82) is 0 Å². The molecule has 2 aliphatic heterocycles.